The molecular formula is C17H16F2N4O4S. The Morgan fingerprint density at radius 3 is 2.54 bits per heavy atom. The van der Waals surface area contributed by atoms with Crippen LogP contribution in [0.4, 0.5) is 8.78 Å². The largest absolute Gasteiger partial charge is 0.461 e. The Hall–Kier alpha value is -2.79. The molecule has 1 fully saturated rings. The topological polar surface area (TPSA) is 99.1 Å². The lowest BCUT2D eigenvalue weighted by Crippen LogP contribution is -2.32. The molecule has 0 aliphatic heterocycles. The molecule has 4 rings (SSSR count). The fourth-order valence-corrected chi connectivity index (χ4v) is 3.92. The number of nitrogens with one attached hydrogen (secondary N) is 1. The van der Waals surface area contributed by atoms with E-state index in [1.165, 1.54) is 10.8 Å². The van der Waals surface area contributed by atoms with Gasteiger partial charge >= 0.3 is 5.69 Å². The van der Waals surface area contributed by atoms with E-state index in [1.807, 2.05) is 0 Å². The minimum absolute atomic E-state index is 0.0494. The summed E-state index contributed by atoms with van der Waals surface area (Å²) in [5.74, 6) is -1.17. The van der Waals surface area contributed by atoms with E-state index >= 15 is 0 Å². The molecule has 1 aliphatic carbocycles. The second kappa shape index (κ2) is 6.99. The van der Waals surface area contributed by atoms with Crippen LogP contribution < -0.4 is 10.4 Å². The molecule has 1 saturated carbocycles. The molecule has 2 aromatic heterocycles. The van der Waals surface area contributed by atoms with E-state index in [9.17, 15) is 22.0 Å². The van der Waals surface area contributed by atoms with Crippen molar-refractivity contribution in [1.29, 1.82) is 0 Å². The monoisotopic (exact) mass is 410 g/mol. The number of hydrogen-bond acceptors (Lipinski definition) is 5. The lowest BCUT2D eigenvalue weighted by Gasteiger charge is -2.07. The first-order valence-corrected chi connectivity index (χ1v) is 10.0. The smallest absolute Gasteiger partial charge is 0.346 e. The lowest BCUT2D eigenvalue weighted by molar-refractivity contribution is 0.541. The average molecular weight is 410 g/mol. The van der Waals surface area contributed by atoms with Crippen molar-refractivity contribution in [3.05, 3.63) is 58.7 Å². The fourth-order valence-electron chi connectivity index (χ4n) is 2.85. The van der Waals surface area contributed by atoms with Gasteiger partial charge in [-0.05, 0) is 37.1 Å². The minimum atomic E-state index is -4.14. The summed E-state index contributed by atoms with van der Waals surface area (Å²) in [6.07, 6.45) is 3.19. The molecule has 0 unspecified atom stereocenters. The molecule has 3 aromatic rings. The van der Waals surface area contributed by atoms with Crippen LogP contribution in [0.1, 0.15) is 18.9 Å². The summed E-state index contributed by atoms with van der Waals surface area (Å²) < 4.78 is 61.2. The van der Waals surface area contributed by atoms with Crippen LogP contribution in [0.5, 0.6) is 0 Å². The third-order valence-electron chi connectivity index (χ3n) is 4.29. The third kappa shape index (κ3) is 3.62. The molecule has 2 heterocycles. The summed E-state index contributed by atoms with van der Waals surface area (Å²) in [4.78, 5) is 12.1. The standard InChI is InChI=1S/C17H16F2N4O4S/c18-11-8-12(19)10-14(9-11)28(25,26)20-5-6-22-17(24)23(13-3-4-13)16(21-22)15-2-1-7-27-15/h1-2,7-10,13,20H,3-6H2. The van der Waals surface area contributed by atoms with Gasteiger partial charge < -0.3 is 4.42 Å². The Labute approximate surface area is 158 Å². The van der Waals surface area contributed by atoms with Crippen molar-refractivity contribution in [2.45, 2.75) is 30.3 Å². The first-order valence-electron chi connectivity index (χ1n) is 8.54. The number of aromatic nitrogens is 3. The fraction of sp³-hybridized carbons (Fsp3) is 0.294. The molecular weight excluding hydrogens is 394 g/mol. The van der Waals surface area contributed by atoms with Crippen LogP contribution in [0, 0.1) is 11.6 Å². The molecule has 1 aliphatic rings. The van der Waals surface area contributed by atoms with E-state index in [-0.39, 0.29) is 24.8 Å². The molecule has 0 amide bonds. The summed E-state index contributed by atoms with van der Waals surface area (Å²) in [6, 6.07) is 5.43. The molecule has 0 spiro atoms. The number of rotatable bonds is 7. The van der Waals surface area contributed by atoms with Crippen LogP contribution in [0.15, 0.2) is 50.7 Å². The van der Waals surface area contributed by atoms with E-state index in [0.29, 0.717) is 29.8 Å². The number of sulfonamides is 1. The van der Waals surface area contributed by atoms with Gasteiger partial charge in [-0.3, -0.25) is 4.57 Å². The molecule has 1 aromatic carbocycles. The van der Waals surface area contributed by atoms with Gasteiger partial charge in [-0.25, -0.2) is 31.4 Å². The van der Waals surface area contributed by atoms with Gasteiger partial charge in [-0.15, -0.1) is 5.10 Å². The maximum Gasteiger partial charge on any atom is 0.346 e. The quantitative estimate of drug-likeness (QED) is 0.641. The first kappa shape index (κ1) is 18.6. The number of furan rings is 1. The van der Waals surface area contributed by atoms with Crippen molar-refractivity contribution >= 4 is 10.0 Å². The predicted octanol–water partition coefficient (Wildman–Crippen LogP) is 1.90. The van der Waals surface area contributed by atoms with Crippen LogP contribution in [0.2, 0.25) is 0 Å². The highest BCUT2D eigenvalue weighted by Gasteiger charge is 2.31. The van der Waals surface area contributed by atoms with E-state index in [2.05, 4.69) is 9.82 Å². The average Bonchev–Trinajstić information content (AvgIpc) is 3.20. The normalized spacial score (nSPS) is 14.5. The molecule has 148 valence electrons. The van der Waals surface area contributed by atoms with Crippen molar-refractivity contribution in [2.75, 3.05) is 6.54 Å². The number of halogens is 2. The van der Waals surface area contributed by atoms with Gasteiger partial charge in [0.2, 0.25) is 15.8 Å². The summed E-state index contributed by atoms with van der Waals surface area (Å²) in [5, 5.41) is 4.25. The van der Waals surface area contributed by atoms with E-state index in [4.69, 9.17) is 4.42 Å². The summed E-state index contributed by atoms with van der Waals surface area (Å²) >= 11 is 0. The van der Waals surface area contributed by atoms with Gasteiger partial charge in [-0.2, -0.15) is 0 Å². The number of nitrogens with zero attached hydrogens (tertiary/aromatic N) is 3. The molecule has 28 heavy (non-hydrogen) atoms. The summed E-state index contributed by atoms with van der Waals surface area (Å²) in [7, 11) is -4.14. The van der Waals surface area contributed by atoms with Crippen molar-refractivity contribution in [1.82, 2.24) is 19.1 Å². The highest BCUT2D eigenvalue weighted by Crippen LogP contribution is 2.36. The molecule has 8 nitrogen and oxygen atoms in total. The number of hydrogen-bond donors (Lipinski definition) is 1. The summed E-state index contributed by atoms with van der Waals surface area (Å²) in [5.41, 5.74) is -0.370. The van der Waals surface area contributed by atoms with Gasteiger partial charge in [0.15, 0.2) is 5.76 Å². The minimum Gasteiger partial charge on any atom is -0.461 e. The van der Waals surface area contributed by atoms with Crippen LogP contribution >= 0.6 is 0 Å². The molecule has 0 atom stereocenters. The van der Waals surface area contributed by atoms with Crippen LogP contribution in [0.25, 0.3) is 11.6 Å². The highest BCUT2D eigenvalue weighted by molar-refractivity contribution is 7.89. The number of benzene rings is 1. The van der Waals surface area contributed by atoms with Crippen molar-refractivity contribution in [3.63, 3.8) is 0 Å². The summed E-state index contributed by atoms with van der Waals surface area (Å²) in [6.45, 7) is -0.233. The Kier molecular flexibility index (Phi) is 4.63. The zero-order chi connectivity index (χ0) is 19.9. The maximum atomic E-state index is 13.3. The van der Waals surface area contributed by atoms with Gasteiger partial charge in [0.05, 0.1) is 17.7 Å². The van der Waals surface area contributed by atoms with Crippen LogP contribution in [0.3, 0.4) is 0 Å². The molecule has 1 N–H and O–H groups in total. The Morgan fingerprint density at radius 1 is 1.21 bits per heavy atom. The van der Waals surface area contributed by atoms with E-state index in [1.54, 1.807) is 12.1 Å². The molecule has 0 radical (unpaired) electrons. The highest BCUT2D eigenvalue weighted by atomic mass is 32.2. The Balaban J connectivity index is 1.53. The SMILES string of the molecule is O=c1n(CCNS(=O)(=O)c2cc(F)cc(F)c2)nc(-c2ccco2)n1C1CC1. The van der Waals surface area contributed by atoms with Crippen molar-refractivity contribution < 1.29 is 21.6 Å². The Morgan fingerprint density at radius 2 is 1.93 bits per heavy atom. The van der Waals surface area contributed by atoms with Gasteiger partial charge in [0, 0.05) is 18.7 Å². The second-order valence-corrected chi connectivity index (χ2v) is 8.18. The van der Waals surface area contributed by atoms with Gasteiger partial charge in [0.1, 0.15) is 11.6 Å². The maximum absolute atomic E-state index is 13.3. The molecule has 0 saturated heterocycles. The first-order chi connectivity index (χ1) is 13.3. The van der Waals surface area contributed by atoms with Crippen LogP contribution in [-0.2, 0) is 16.6 Å². The second-order valence-electron chi connectivity index (χ2n) is 6.41. The molecule has 0 bridgehead atoms. The van der Waals surface area contributed by atoms with Gasteiger partial charge in [0.25, 0.3) is 0 Å². The molecule has 11 heteroatoms. The van der Waals surface area contributed by atoms with Crippen molar-refractivity contribution in [2.24, 2.45) is 0 Å². The Bertz CT molecular complexity index is 1140. The van der Waals surface area contributed by atoms with Crippen LogP contribution in [-0.4, -0.2) is 29.3 Å². The predicted molar refractivity (Wildman–Crippen MR) is 94.0 cm³/mol. The zero-order valence-corrected chi connectivity index (χ0v) is 15.3. The van der Waals surface area contributed by atoms with E-state index in [0.717, 1.165) is 17.5 Å². The lowest BCUT2D eigenvalue weighted by atomic mass is 10.3. The zero-order valence-electron chi connectivity index (χ0n) is 14.5. The van der Waals surface area contributed by atoms with Crippen molar-refractivity contribution in [3.8, 4) is 11.6 Å². The third-order valence-corrected chi connectivity index (χ3v) is 5.73. The van der Waals surface area contributed by atoms with E-state index < -0.39 is 26.6 Å². The van der Waals surface area contributed by atoms with Gasteiger partial charge in [-0.1, -0.05) is 0 Å².